The Kier molecular flexibility index (Phi) is 5.41. The number of ether oxygens (including phenoxy) is 1. The SMILES string of the molecule is COc1ccccc1[C@H](C)N(C)C(=O)c1ccc(Cl)c([N+](=O)[O-])c1. The van der Waals surface area contributed by atoms with E-state index in [0.29, 0.717) is 5.75 Å². The molecule has 24 heavy (non-hydrogen) atoms. The summed E-state index contributed by atoms with van der Waals surface area (Å²) >= 11 is 5.79. The standard InChI is InChI=1S/C17H17ClN2O4/c1-11(13-6-4-5-7-16(13)24-3)19(2)17(21)12-8-9-14(18)15(10-12)20(22)23/h4-11H,1-3H3/t11-/m0/s1. The molecule has 0 spiro atoms. The van der Waals surface area contributed by atoms with Crippen LogP contribution in [0.15, 0.2) is 42.5 Å². The fourth-order valence-electron chi connectivity index (χ4n) is 2.39. The molecule has 2 rings (SSSR count). The van der Waals surface area contributed by atoms with E-state index in [2.05, 4.69) is 0 Å². The maximum absolute atomic E-state index is 12.7. The summed E-state index contributed by atoms with van der Waals surface area (Å²) in [4.78, 5) is 24.5. The lowest BCUT2D eigenvalue weighted by Crippen LogP contribution is -2.30. The number of rotatable bonds is 5. The van der Waals surface area contributed by atoms with Gasteiger partial charge in [0, 0.05) is 24.2 Å². The average Bonchev–Trinajstić information content (AvgIpc) is 2.59. The third-order valence-corrected chi connectivity index (χ3v) is 4.20. The van der Waals surface area contributed by atoms with Gasteiger partial charge in [-0.15, -0.1) is 0 Å². The molecule has 0 saturated heterocycles. The monoisotopic (exact) mass is 348 g/mol. The molecule has 2 aromatic carbocycles. The van der Waals surface area contributed by atoms with Gasteiger partial charge in [-0.25, -0.2) is 0 Å². The second-order valence-corrected chi connectivity index (χ2v) is 5.66. The van der Waals surface area contributed by atoms with Crippen molar-refractivity contribution in [1.29, 1.82) is 0 Å². The second kappa shape index (κ2) is 7.31. The van der Waals surface area contributed by atoms with Gasteiger partial charge in [-0.05, 0) is 25.1 Å². The molecule has 1 amide bonds. The molecule has 0 fully saturated rings. The molecule has 1 atom stereocenters. The number of carbonyl (C=O) groups is 1. The van der Waals surface area contributed by atoms with E-state index >= 15 is 0 Å². The van der Waals surface area contributed by atoms with E-state index < -0.39 is 4.92 Å². The minimum atomic E-state index is -0.608. The van der Waals surface area contributed by atoms with Crippen molar-refractivity contribution in [3.63, 3.8) is 0 Å². The number of methoxy groups -OCH3 is 1. The maximum atomic E-state index is 12.7. The molecule has 0 bridgehead atoms. The first-order valence-electron chi connectivity index (χ1n) is 7.20. The van der Waals surface area contributed by atoms with Crippen molar-refractivity contribution in [2.24, 2.45) is 0 Å². The number of halogens is 1. The van der Waals surface area contributed by atoms with Crippen molar-refractivity contribution in [2.75, 3.05) is 14.2 Å². The predicted octanol–water partition coefficient (Wildman–Crippen LogP) is 4.09. The minimum Gasteiger partial charge on any atom is -0.496 e. The summed E-state index contributed by atoms with van der Waals surface area (Å²) in [5, 5.41) is 11.0. The van der Waals surface area contributed by atoms with E-state index in [1.807, 2.05) is 31.2 Å². The zero-order valence-corrected chi connectivity index (χ0v) is 14.3. The Labute approximate surface area is 144 Å². The molecule has 7 heteroatoms. The van der Waals surface area contributed by atoms with Crippen LogP contribution >= 0.6 is 11.6 Å². The summed E-state index contributed by atoms with van der Waals surface area (Å²) in [5.74, 6) is 0.333. The summed E-state index contributed by atoms with van der Waals surface area (Å²) in [6, 6.07) is 11.1. The number of hydrogen-bond acceptors (Lipinski definition) is 4. The Balaban J connectivity index is 2.32. The number of amides is 1. The van der Waals surface area contributed by atoms with Gasteiger partial charge in [-0.3, -0.25) is 14.9 Å². The highest BCUT2D eigenvalue weighted by molar-refractivity contribution is 6.32. The van der Waals surface area contributed by atoms with Crippen molar-refractivity contribution >= 4 is 23.2 Å². The van der Waals surface area contributed by atoms with Crippen LogP contribution in [0.3, 0.4) is 0 Å². The largest absolute Gasteiger partial charge is 0.496 e. The molecule has 0 aliphatic heterocycles. The maximum Gasteiger partial charge on any atom is 0.288 e. The molecule has 6 nitrogen and oxygen atoms in total. The van der Waals surface area contributed by atoms with E-state index in [1.165, 1.54) is 23.1 Å². The number of hydrogen-bond donors (Lipinski definition) is 0. The number of benzene rings is 2. The van der Waals surface area contributed by atoms with Gasteiger partial charge in [0.05, 0.1) is 18.1 Å². The third-order valence-electron chi connectivity index (χ3n) is 3.88. The number of nitro benzene ring substituents is 1. The van der Waals surface area contributed by atoms with Gasteiger partial charge < -0.3 is 9.64 Å². The topological polar surface area (TPSA) is 72.7 Å². The third kappa shape index (κ3) is 3.49. The van der Waals surface area contributed by atoms with Crippen molar-refractivity contribution in [2.45, 2.75) is 13.0 Å². The van der Waals surface area contributed by atoms with Gasteiger partial charge in [0.15, 0.2) is 0 Å². The van der Waals surface area contributed by atoms with Gasteiger partial charge in [0.2, 0.25) is 0 Å². The lowest BCUT2D eigenvalue weighted by Gasteiger charge is -2.26. The highest BCUT2D eigenvalue weighted by Gasteiger charge is 2.23. The Morgan fingerprint density at radius 1 is 1.29 bits per heavy atom. The molecular formula is C17H17ClN2O4. The molecule has 0 unspecified atom stereocenters. The van der Waals surface area contributed by atoms with Crippen LogP contribution in [0.25, 0.3) is 0 Å². The van der Waals surface area contributed by atoms with Crippen molar-refractivity contribution < 1.29 is 14.5 Å². The number of nitro groups is 1. The molecular weight excluding hydrogens is 332 g/mol. The molecule has 0 N–H and O–H groups in total. The first-order valence-corrected chi connectivity index (χ1v) is 7.58. The summed E-state index contributed by atoms with van der Waals surface area (Å²) in [6.07, 6.45) is 0. The Hall–Kier alpha value is -2.60. The zero-order valence-electron chi connectivity index (χ0n) is 13.5. The highest BCUT2D eigenvalue weighted by atomic mass is 35.5. The molecule has 0 heterocycles. The van der Waals surface area contributed by atoms with E-state index in [-0.39, 0.29) is 28.2 Å². The number of carbonyl (C=O) groups excluding carboxylic acids is 1. The van der Waals surface area contributed by atoms with Gasteiger partial charge in [0.25, 0.3) is 11.6 Å². The molecule has 2 aromatic rings. The molecule has 0 aromatic heterocycles. The second-order valence-electron chi connectivity index (χ2n) is 5.26. The molecule has 0 radical (unpaired) electrons. The summed E-state index contributed by atoms with van der Waals surface area (Å²) < 4.78 is 5.32. The molecule has 0 aliphatic rings. The highest BCUT2D eigenvalue weighted by Crippen LogP contribution is 2.30. The quantitative estimate of drug-likeness (QED) is 0.602. The van der Waals surface area contributed by atoms with Gasteiger partial charge in [0.1, 0.15) is 10.8 Å². The van der Waals surface area contributed by atoms with Crippen LogP contribution < -0.4 is 4.74 Å². The number of para-hydroxylation sites is 1. The molecule has 0 saturated carbocycles. The van der Waals surface area contributed by atoms with Crippen LogP contribution in [0.2, 0.25) is 5.02 Å². The van der Waals surface area contributed by atoms with E-state index in [9.17, 15) is 14.9 Å². The number of nitrogens with zero attached hydrogens (tertiary/aromatic N) is 2. The zero-order chi connectivity index (χ0) is 17.9. The fraction of sp³-hybridized carbons (Fsp3) is 0.235. The van der Waals surface area contributed by atoms with Crippen LogP contribution in [0.4, 0.5) is 5.69 Å². The normalized spacial score (nSPS) is 11.7. The fourth-order valence-corrected chi connectivity index (χ4v) is 2.57. The van der Waals surface area contributed by atoms with Gasteiger partial charge in [-0.1, -0.05) is 29.8 Å². The van der Waals surface area contributed by atoms with Crippen LogP contribution in [0, 0.1) is 10.1 Å². The van der Waals surface area contributed by atoms with E-state index in [1.54, 1.807) is 14.2 Å². The molecule has 0 aliphatic carbocycles. The van der Waals surface area contributed by atoms with Crippen molar-refractivity contribution in [3.05, 3.63) is 68.7 Å². The van der Waals surface area contributed by atoms with Crippen LogP contribution in [-0.2, 0) is 0 Å². The summed E-state index contributed by atoms with van der Waals surface area (Å²) in [6.45, 7) is 1.86. The van der Waals surface area contributed by atoms with Crippen molar-refractivity contribution in [1.82, 2.24) is 4.90 Å². The van der Waals surface area contributed by atoms with E-state index in [0.717, 1.165) is 5.56 Å². The first kappa shape index (κ1) is 17.7. The molecule has 126 valence electrons. The average molecular weight is 349 g/mol. The van der Waals surface area contributed by atoms with Crippen molar-refractivity contribution in [3.8, 4) is 5.75 Å². The smallest absolute Gasteiger partial charge is 0.288 e. The van der Waals surface area contributed by atoms with Gasteiger partial charge >= 0.3 is 0 Å². The summed E-state index contributed by atoms with van der Waals surface area (Å²) in [5.41, 5.74) is 0.760. The minimum absolute atomic E-state index is 0.00280. The van der Waals surface area contributed by atoms with Crippen LogP contribution in [0.1, 0.15) is 28.9 Å². The Morgan fingerprint density at radius 2 is 1.96 bits per heavy atom. The lowest BCUT2D eigenvalue weighted by atomic mass is 10.0. The Bertz CT molecular complexity index is 779. The predicted molar refractivity (Wildman–Crippen MR) is 91.6 cm³/mol. The van der Waals surface area contributed by atoms with Crippen LogP contribution in [-0.4, -0.2) is 29.9 Å². The Morgan fingerprint density at radius 3 is 2.58 bits per heavy atom. The van der Waals surface area contributed by atoms with E-state index in [4.69, 9.17) is 16.3 Å². The summed E-state index contributed by atoms with van der Waals surface area (Å²) in [7, 11) is 3.20. The van der Waals surface area contributed by atoms with Gasteiger partial charge in [-0.2, -0.15) is 0 Å². The lowest BCUT2D eigenvalue weighted by molar-refractivity contribution is -0.384. The van der Waals surface area contributed by atoms with Crippen LogP contribution in [0.5, 0.6) is 5.75 Å². The first-order chi connectivity index (χ1) is 11.4.